The van der Waals surface area contributed by atoms with Gasteiger partial charge in [0.15, 0.2) is 6.10 Å². The number of nitrogens with zero attached hydrogens (tertiary/aromatic N) is 2. The number of amides is 1. The summed E-state index contributed by atoms with van der Waals surface area (Å²) in [7, 11) is 0. The molecule has 0 radical (unpaired) electrons. The minimum Gasteiger partial charge on any atom is -0.448 e. The molecule has 25 heavy (non-hydrogen) atoms. The summed E-state index contributed by atoms with van der Waals surface area (Å²) in [5, 5.41) is 0. The van der Waals surface area contributed by atoms with Crippen molar-refractivity contribution in [3.05, 3.63) is 35.4 Å². The van der Waals surface area contributed by atoms with Gasteiger partial charge in [-0.25, -0.2) is 4.79 Å². The monoisotopic (exact) mass is 344 g/mol. The van der Waals surface area contributed by atoms with Gasteiger partial charge in [-0.2, -0.15) is 0 Å². The Balaban J connectivity index is 1.44. The predicted octanol–water partition coefficient (Wildman–Crippen LogP) is 0.947. The summed E-state index contributed by atoms with van der Waals surface area (Å²) >= 11 is 0. The first kappa shape index (κ1) is 16.5. The van der Waals surface area contributed by atoms with Crippen LogP contribution >= 0.6 is 0 Å². The van der Waals surface area contributed by atoms with Crippen LogP contribution in [0.25, 0.3) is 0 Å². The van der Waals surface area contributed by atoms with E-state index in [0.29, 0.717) is 30.5 Å². The maximum Gasteiger partial charge on any atom is 0.339 e. The van der Waals surface area contributed by atoms with Crippen LogP contribution in [-0.4, -0.2) is 73.2 Å². The van der Waals surface area contributed by atoms with E-state index in [1.807, 2.05) is 23.1 Å². The molecule has 6 heteroatoms. The highest BCUT2D eigenvalue weighted by atomic mass is 16.5. The van der Waals surface area contributed by atoms with E-state index in [0.717, 1.165) is 38.4 Å². The molecule has 3 heterocycles. The van der Waals surface area contributed by atoms with Crippen LogP contribution < -0.4 is 0 Å². The van der Waals surface area contributed by atoms with Crippen LogP contribution in [0.2, 0.25) is 0 Å². The number of cyclic esters (lactones) is 1. The molecule has 0 aromatic heterocycles. The van der Waals surface area contributed by atoms with Gasteiger partial charge in [-0.1, -0.05) is 25.1 Å². The fourth-order valence-corrected chi connectivity index (χ4v) is 4.19. The van der Waals surface area contributed by atoms with Crippen molar-refractivity contribution in [2.75, 3.05) is 39.4 Å². The second kappa shape index (κ2) is 6.77. The number of ether oxygens (including phenoxy) is 2. The molecule has 0 unspecified atom stereocenters. The SMILES string of the molecule is C[C@@H]1CN(C(=O)[C@@H]2Cc3ccccc3C(=O)O2)C[C@@H]1N1CCOCC1. The Morgan fingerprint density at radius 1 is 1.16 bits per heavy atom. The Bertz CT molecular complexity index is 671. The highest BCUT2D eigenvalue weighted by Gasteiger charge is 2.41. The minimum absolute atomic E-state index is 0.0644. The molecule has 6 nitrogen and oxygen atoms in total. The highest BCUT2D eigenvalue weighted by Crippen LogP contribution is 2.26. The van der Waals surface area contributed by atoms with Crippen molar-refractivity contribution in [2.24, 2.45) is 5.92 Å². The van der Waals surface area contributed by atoms with Gasteiger partial charge in [0.25, 0.3) is 5.91 Å². The third kappa shape index (κ3) is 3.16. The molecule has 4 rings (SSSR count). The van der Waals surface area contributed by atoms with Gasteiger partial charge in [-0.15, -0.1) is 0 Å². The van der Waals surface area contributed by atoms with Crippen LogP contribution in [0.4, 0.5) is 0 Å². The van der Waals surface area contributed by atoms with Crippen LogP contribution in [0, 0.1) is 5.92 Å². The first-order chi connectivity index (χ1) is 12.1. The van der Waals surface area contributed by atoms with Crippen LogP contribution in [0.1, 0.15) is 22.8 Å². The van der Waals surface area contributed by atoms with Crippen molar-refractivity contribution in [1.82, 2.24) is 9.80 Å². The van der Waals surface area contributed by atoms with Gasteiger partial charge in [-0.3, -0.25) is 9.69 Å². The molecule has 134 valence electrons. The topological polar surface area (TPSA) is 59.1 Å². The van der Waals surface area contributed by atoms with Crippen LogP contribution in [0.3, 0.4) is 0 Å². The van der Waals surface area contributed by atoms with Gasteiger partial charge in [0.1, 0.15) is 0 Å². The van der Waals surface area contributed by atoms with E-state index in [1.54, 1.807) is 6.07 Å². The van der Waals surface area contributed by atoms with Crippen LogP contribution in [0.5, 0.6) is 0 Å². The lowest BCUT2D eigenvalue weighted by atomic mass is 9.98. The van der Waals surface area contributed by atoms with Gasteiger partial charge < -0.3 is 14.4 Å². The number of hydrogen-bond donors (Lipinski definition) is 0. The number of likely N-dealkylation sites (tertiary alicyclic amines) is 1. The van der Waals surface area contributed by atoms with Crippen molar-refractivity contribution in [2.45, 2.75) is 25.5 Å². The van der Waals surface area contributed by atoms with Gasteiger partial charge in [0.2, 0.25) is 0 Å². The number of benzene rings is 1. The lowest BCUT2D eigenvalue weighted by molar-refractivity contribution is -0.140. The van der Waals surface area contributed by atoms with E-state index in [2.05, 4.69) is 11.8 Å². The van der Waals surface area contributed by atoms with Crippen molar-refractivity contribution in [1.29, 1.82) is 0 Å². The number of carbonyl (C=O) groups excluding carboxylic acids is 2. The van der Waals surface area contributed by atoms with E-state index in [4.69, 9.17) is 9.47 Å². The van der Waals surface area contributed by atoms with Crippen LogP contribution in [0.15, 0.2) is 24.3 Å². The first-order valence-electron chi connectivity index (χ1n) is 9.03. The standard InChI is InChI=1S/C19H24N2O4/c1-13-11-21(12-16(13)20-6-8-24-9-7-20)18(22)17-10-14-4-2-3-5-15(14)19(23)25-17/h2-5,13,16-17H,6-12H2,1H3/t13-,16+,17+/m1/s1. The lowest BCUT2D eigenvalue weighted by Crippen LogP contribution is -2.48. The third-order valence-corrected chi connectivity index (χ3v) is 5.57. The molecule has 0 spiro atoms. The molecular weight excluding hydrogens is 320 g/mol. The van der Waals surface area contributed by atoms with Crippen molar-refractivity contribution in [3.63, 3.8) is 0 Å². The molecule has 1 aromatic carbocycles. The molecule has 0 aliphatic carbocycles. The molecule has 2 fully saturated rings. The number of esters is 1. The Morgan fingerprint density at radius 2 is 1.92 bits per heavy atom. The van der Waals surface area contributed by atoms with E-state index >= 15 is 0 Å². The molecule has 3 aliphatic rings. The molecule has 0 saturated carbocycles. The second-order valence-electron chi connectivity index (χ2n) is 7.19. The fourth-order valence-electron chi connectivity index (χ4n) is 4.19. The number of morpholine rings is 1. The molecule has 3 atom stereocenters. The number of fused-ring (bicyclic) bond motifs is 1. The van der Waals surface area contributed by atoms with Gasteiger partial charge in [0, 0.05) is 38.6 Å². The number of rotatable bonds is 2. The molecule has 1 amide bonds. The fraction of sp³-hybridized carbons (Fsp3) is 0.579. The Labute approximate surface area is 147 Å². The quantitative estimate of drug-likeness (QED) is 0.748. The summed E-state index contributed by atoms with van der Waals surface area (Å²) in [5.41, 5.74) is 1.47. The van der Waals surface area contributed by atoms with Crippen molar-refractivity contribution < 1.29 is 19.1 Å². The van der Waals surface area contributed by atoms with Gasteiger partial charge in [0.05, 0.1) is 18.8 Å². The molecule has 0 N–H and O–H groups in total. The minimum atomic E-state index is -0.696. The zero-order valence-corrected chi connectivity index (χ0v) is 14.5. The zero-order valence-electron chi connectivity index (χ0n) is 14.5. The number of carbonyl (C=O) groups is 2. The third-order valence-electron chi connectivity index (χ3n) is 5.57. The van der Waals surface area contributed by atoms with E-state index in [9.17, 15) is 9.59 Å². The van der Waals surface area contributed by atoms with Crippen molar-refractivity contribution >= 4 is 11.9 Å². The van der Waals surface area contributed by atoms with Gasteiger partial charge >= 0.3 is 5.97 Å². The molecule has 1 aromatic rings. The maximum absolute atomic E-state index is 12.9. The van der Waals surface area contributed by atoms with E-state index in [1.165, 1.54) is 0 Å². The smallest absolute Gasteiger partial charge is 0.339 e. The molecular formula is C19H24N2O4. The van der Waals surface area contributed by atoms with E-state index < -0.39 is 12.1 Å². The summed E-state index contributed by atoms with van der Waals surface area (Å²) in [4.78, 5) is 29.4. The maximum atomic E-state index is 12.9. The van der Waals surface area contributed by atoms with Crippen LogP contribution in [-0.2, 0) is 20.7 Å². The highest BCUT2D eigenvalue weighted by molar-refractivity contribution is 5.95. The predicted molar refractivity (Wildman–Crippen MR) is 91.3 cm³/mol. The summed E-state index contributed by atoms with van der Waals surface area (Å²) < 4.78 is 10.9. The zero-order chi connectivity index (χ0) is 17.4. The summed E-state index contributed by atoms with van der Waals surface area (Å²) in [6.45, 7) is 6.97. The summed E-state index contributed by atoms with van der Waals surface area (Å²) in [6, 6.07) is 7.73. The molecule has 2 saturated heterocycles. The largest absolute Gasteiger partial charge is 0.448 e. The van der Waals surface area contributed by atoms with Gasteiger partial charge in [-0.05, 0) is 17.5 Å². The average molecular weight is 344 g/mol. The van der Waals surface area contributed by atoms with E-state index in [-0.39, 0.29) is 5.91 Å². The Hall–Kier alpha value is -1.92. The Kier molecular flexibility index (Phi) is 4.48. The lowest BCUT2D eigenvalue weighted by Gasteiger charge is -2.34. The first-order valence-corrected chi connectivity index (χ1v) is 9.03. The normalized spacial score (nSPS) is 30.0. The summed E-state index contributed by atoms with van der Waals surface area (Å²) in [5.74, 6) is -0.0451. The number of hydrogen-bond acceptors (Lipinski definition) is 5. The average Bonchev–Trinajstić information content (AvgIpc) is 3.03. The van der Waals surface area contributed by atoms with Crippen molar-refractivity contribution in [3.8, 4) is 0 Å². The molecule has 0 bridgehead atoms. The second-order valence-corrected chi connectivity index (χ2v) is 7.19. The Morgan fingerprint density at radius 3 is 2.72 bits per heavy atom. The summed E-state index contributed by atoms with van der Waals surface area (Å²) in [6.07, 6.45) is -0.230. The molecule has 3 aliphatic heterocycles.